The Balaban J connectivity index is 1.48. The van der Waals surface area contributed by atoms with E-state index < -0.39 is 36.4 Å². The van der Waals surface area contributed by atoms with E-state index in [1.807, 2.05) is 48.5 Å². The monoisotopic (exact) mass is 476 g/mol. The van der Waals surface area contributed by atoms with E-state index in [1.54, 1.807) is 13.8 Å². The van der Waals surface area contributed by atoms with Crippen LogP contribution in [0.1, 0.15) is 41.3 Å². The Kier molecular flexibility index (Phi) is 6.82. The molecule has 0 spiro atoms. The topological polar surface area (TPSA) is 95.9 Å². The van der Waals surface area contributed by atoms with E-state index in [0.29, 0.717) is 0 Å². The number of carbonyl (C=O) groups is 3. The molecule has 2 N–H and O–H groups in total. The maximum absolute atomic E-state index is 15.1. The molecule has 0 atom stereocenters. The number of amides is 2. The van der Waals surface area contributed by atoms with Crippen molar-refractivity contribution in [2.75, 3.05) is 18.5 Å². The molecule has 35 heavy (non-hydrogen) atoms. The number of halogens is 1. The molecule has 3 aromatic carbocycles. The van der Waals surface area contributed by atoms with E-state index >= 15 is 4.39 Å². The number of nitrogens with one attached hydrogen (secondary N) is 1. The molecule has 0 aliphatic heterocycles. The van der Waals surface area contributed by atoms with Crippen LogP contribution in [0.5, 0.6) is 0 Å². The van der Waals surface area contributed by atoms with Gasteiger partial charge in [0, 0.05) is 12.0 Å². The highest BCUT2D eigenvalue weighted by Crippen LogP contribution is 2.44. The number of carboxylic acids is 1. The number of aliphatic carboxylic acids is 1. The molecule has 3 aromatic rings. The van der Waals surface area contributed by atoms with Crippen molar-refractivity contribution in [2.45, 2.75) is 25.8 Å². The summed E-state index contributed by atoms with van der Waals surface area (Å²) in [5.74, 6) is -3.10. The summed E-state index contributed by atoms with van der Waals surface area (Å²) in [6.07, 6.45) is -0.860. The highest BCUT2D eigenvalue weighted by molar-refractivity contribution is 5.98. The molecular weight excluding hydrogens is 451 g/mol. The van der Waals surface area contributed by atoms with Crippen LogP contribution in [0.3, 0.4) is 0 Å². The lowest BCUT2D eigenvalue weighted by atomic mass is 9.98. The van der Waals surface area contributed by atoms with E-state index in [1.165, 1.54) is 18.2 Å². The zero-order chi connectivity index (χ0) is 25.1. The van der Waals surface area contributed by atoms with Gasteiger partial charge in [0.05, 0.1) is 11.3 Å². The normalized spacial score (nSPS) is 12.1. The first-order valence-corrected chi connectivity index (χ1v) is 11.2. The zero-order valence-corrected chi connectivity index (χ0v) is 19.3. The molecule has 0 saturated carbocycles. The summed E-state index contributed by atoms with van der Waals surface area (Å²) in [6, 6.07) is 19.3. The largest absolute Gasteiger partial charge is 0.480 e. The van der Waals surface area contributed by atoms with Gasteiger partial charge in [0.1, 0.15) is 13.2 Å². The second-order valence-electron chi connectivity index (χ2n) is 8.54. The number of hydrogen-bond donors (Lipinski definition) is 2. The van der Waals surface area contributed by atoms with Crippen molar-refractivity contribution >= 4 is 23.7 Å². The average molecular weight is 477 g/mol. The summed E-state index contributed by atoms with van der Waals surface area (Å²) in [4.78, 5) is 37.5. The van der Waals surface area contributed by atoms with Gasteiger partial charge in [-0.25, -0.2) is 9.18 Å². The molecule has 0 fully saturated rings. The number of carboxylic acid groups (broad SMARTS) is 1. The maximum Gasteiger partial charge on any atom is 0.411 e. The number of anilines is 1. The summed E-state index contributed by atoms with van der Waals surface area (Å²) >= 11 is 0. The summed E-state index contributed by atoms with van der Waals surface area (Å²) in [7, 11) is 0. The van der Waals surface area contributed by atoms with Crippen LogP contribution >= 0.6 is 0 Å². The predicted octanol–water partition coefficient (Wildman–Crippen LogP) is 5.12. The number of nitrogens with zero attached hydrogens (tertiary/aromatic N) is 1. The maximum atomic E-state index is 15.1. The number of benzene rings is 3. The Labute approximate surface area is 202 Å². The first-order valence-electron chi connectivity index (χ1n) is 11.2. The van der Waals surface area contributed by atoms with Crippen LogP contribution in [0.2, 0.25) is 0 Å². The lowest BCUT2D eigenvalue weighted by Gasteiger charge is -2.25. The predicted molar refractivity (Wildman–Crippen MR) is 129 cm³/mol. The Morgan fingerprint density at radius 1 is 0.971 bits per heavy atom. The fraction of sp³-hybridized carbons (Fsp3) is 0.222. The van der Waals surface area contributed by atoms with Crippen LogP contribution in [0, 0.1) is 5.82 Å². The highest BCUT2D eigenvalue weighted by atomic mass is 19.1. The van der Waals surface area contributed by atoms with Crippen LogP contribution in [0.15, 0.2) is 66.7 Å². The molecule has 8 heteroatoms. The molecular formula is C27H25FN2O5. The molecule has 180 valence electrons. The lowest BCUT2D eigenvalue weighted by Crippen LogP contribution is -2.41. The van der Waals surface area contributed by atoms with Gasteiger partial charge >= 0.3 is 12.1 Å². The van der Waals surface area contributed by atoms with Crippen molar-refractivity contribution < 1.29 is 28.6 Å². The fourth-order valence-corrected chi connectivity index (χ4v) is 4.33. The van der Waals surface area contributed by atoms with Gasteiger partial charge in [0.15, 0.2) is 5.82 Å². The molecule has 4 rings (SSSR count). The molecule has 0 radical (unpaired) electrons. The molecule has 1 aliphatic carbocycles. The van der Waals surface area contributed by atoms with Crippen molar-refractivity contribution in [1.82, 2.24) is 4.90 Å². The Hall–Kier alpha value is -4.20. The molecule has 0 unspecified atom stereocenters. The Morgan fingerprint density at radius 3 is 2.14 bits per heavy atom. The number of carbonyl (C=O) groups excluding carboxylic acids is 2. The van der Waals surface area contributed by atoms with Gasteiger partial charge < -0.3 is 14.7 Å². The number of fused-ring (bicyclic) bond motifs is 3. The van der Waals surface area contributed by atoms with E-state index in [9.17, 15) is 14.4 Å². The van der Waals surface area contributed by atoms with Gasteiger partial charge in [-0.2, -0.15) is 0 Å². The van der Waals surface area contributed by atoms with Crippen molar-refractivity contribution in [3.63, 3.8) is 0 Å². The summed E-state index contributed by atoms with van der Waals surface area (Å²) < 4.78 is 20.6. The minimum Gasteiger partial charge on any atom is -0.480 e. The minimum absolute atomic E-state index is 0.0554. The van der Waals surface area contributed by atoms with E-state index in [4.69, 9.17) is 9.84 Å². The number of hydrogen-bond acceptors (Lipinski definition) is 4. The van der Waals surface area contributed by atoms with E-state index in [0.717, 1.165) is 27.2 Å². The van der Waals surface area contributed by atoms with Crippen LogP contribution < -0.4 is 5.32 Å². The SMILES string of the molecule is CC(C)N(CC(=O)O)C(=O)c1cccc(NC(=O)OCC2c3ccccc3-c3ccccc32)c1F. The number of rotatable bonds is 7. The highest BCUT2D eigenvalue weighted by Gasteiger charge is 2.29. The molecule has 0 aromatic heterocycles. The third kappa shape index (κ3) is 4.87. The van der Waals surface area contributed by atoms with Crippen LogP contribution in [-0.4, -0.2) is 47.2 Å². The van der Waals surface area contributed by atoms with Crippen LogP contribution in [0.25, 0.3) is 11.1 Å². The molecule has 2 amide bonds. The molecule has 1 aliphatic rings. The van der Waals surface area contributed by atoms with Gasteiger partial charge in [-0.05, 0) is 48.2 Å². The van der Waals surface area contributed by atoms with Gasteiger partial charge in [-0.1, -0.05) is 54.6 Å². The zero-order valence-electron chi connectivity index (χ0n) is 19.3. The van der Waals surface area contributed by atoms with E-state index in [-0.39, 0.29) is 23.8 Å². The second kappa shape index (κ2) is 9.97. The van der Waals surface area contributed by atoms with Crippen molar-refractivity contribution in [1.29, 1.82) is 0 Å². The summed E-state index contributed by atoms with van der Waals surface area (Å²) in [5, 5.41) is 11.4. The van der Waals surface area contributed by atoms with Crippen molar-refractivity contribution in [2.24, 2.45) is 0 Å². The van der Waals surface area contributed by atoms with Gasteiger partial charge in [-0.3, -0.25) is 14.9 Å². The molecule has 7 nitrogen and oxygen atoms in total. The first kappa shape index (κ1) is 23.9. The average Bonchev–Trinajstić information content (AvgIpc) is 3.15. The lowest BCUT2D eigenvalue weighted by molar-refractivity contribution is -0.138. The van der Waals surface area contributed by atoms with Gasteiger partial charge in [-0.15, -0.1) is 0 Å². The first-order chi connectivity index (χ1) is 16.8. The van der Waals surface area contributed by atoms with Gasteiger partial charge in [0.25, 0.3) is 5.91 Å². The van der Waals surface area contributed by atoms with Crippen LogP contribution in [0.4, 0.5) is 14.9 Å². The molecule has 0 saturated heterocycles. The Bertz CT molecular complexity index is 1240. The fourth-order valence-electron chi connectivity index (χ4n) is 4.33. The minimum atomic E-state index is -1.21. The third-order valence-electron chi connectivity index (χ3n) is 6.00. The van der Waals surface area contributed by atoms with Crippen molar-refractivity contribution in [3.05, 3.63) is 89.2 Å². The smallest absolute Gasteiger partial charge is 0.411 e. The summed E-state index contributed by atoms with van der Waals surface area (Å²) in [5.41, 5.74) is 3.71. The van der Waals surface area contributed by atoms with E-state index in [2.05, 4.69) is 5.32 Å². The van der Waals surface area contributed by atoms with Crippen molar-refractivity contribution in [3.8, 4) is 11.1 Å². The van der Waals surface area contributed by atoms with Crippen LogP contribution in [-0.2, 0) is 9.53 Å². The quantitative estimate of drug-likeness (QED) is 0.493. The molecule has 0 heterocycles. The second-order valence-corrected chi connectivity index (χ2v) is 8.54. The summed E-state index contributed by atoms with van der Waals surface area (Å²) in [6.45, 7) is 2.76. The third-order valence-corrected chi connectivity index (χ3v) is 6.00. The molecule has 0 bridgehead atoms. The number of ether oxygens (including phenoxy) is 1. The Morgan fingerprint density at radius 2 is 1.57 bits per heavy atom. The van der Waals surface area contributed by atoms with Gasteiger partial charge in [0.2, 0.25) is 0 Å². The standard InChI is InChI=1S/C27H25FN2O5/c1-16(2)30(14-24(31)32)26(33)21-12-7-13-23(25(21)28)29-27(34)35-15-22-19-10-5-3-8-17(19)18-9-4-6-11-20(18)22/h3-13,16,22H,14-15H2,1-2H3,(H,29,34)(H,31,32).